The summed E-state index contributed by atoms with van der Waals surface area (Å²) in [6.45, 7) is 1.64. The van der Waals surface area contributed by atoms with Gasteiger partial charge in [-0.2, -0.15) is 0 Å². The fraction of sp³-hybridized carbons (Fsp3) is 0.188. The first-order valence-corrected chi connectivity index (χ1v) is 7.39. The molecule has 1 aliphatic rings. The molecule has 0 spiro atoms. The van der Waals surface area contributed by atoms with E-state index < -0.39 is 10.9 Å². The fourth-order valence-corrected chi connectivity index (χ4v) is 2.39. The van der Waals surface area contributed by atoms with E-state index in [1.54, 1.807) is 12.3 Å². The van der Waals surface area contributed by atoms with E-state index in [-0.39, 0.29) is 30.4 Å². The third-order valence-corrected chi connectivity index (χ3v) is 3.55. The molecule has 0 unspecified atom stereocenters. The van der Waals surface area contributed by atoms with Gasteiger partial charge in [0.2, 0.25) is 5.91 Å². The number of carbonyl (C=O) groups excluding carboxylic acids is 2. The third-order valence-electron chi connectivity index (χ3n) is 3.55. The number of nitrogens with zero attached hydrogens (tertiary/aromatic N) is 3. The second kappa shape index (κ2) is 6.56. The number of benzene rings is 1. The number of pyridine rings is 1. The Morgan fingerprint density at radius 3 is 2.88 bits per heavy atom. The van der Waals surface area contributed by atoms with Crippen molar-refractivity contribution in [1.29, 1.82) is 0 Å². The summed E-state index contributed by atoms with van der Waals surface area (Å²) in [5, 5.41) is 13.5. The van der Waals surface area contributed by atoms with Crippen LogP contribution in [0, 0.1) is 17.0 Å². The van der Waals surface area contributed by atoms with Gasteiger partial charge >= 0.3 is 5.97 Å². The van der Waals surface area contributed by atoms with Crippen LogP contribution in [0.3, 0.4) is 0 Å². The number of ether oxygens (including phenoxy) is 1. The van der Waals surface area contributed by atoms with Gasteiger partial charge < -0.3 is 15.0 Å². The minimum absolute atomic E-state index is 0.0618. The Labute approximate surface area is 142 Å². The van der Waals surface area contributed by atoms with Gasteiger partial charge in [-0.25, -0.2) is 9.78 Å². The van der Waals surface area contributed by atoms with Crippen LogP contribution < -0.4 is 15.0 Å². The summed E-state index contributed by atoms with van der Waals surface area (Å²) < 4.78 is 5.04. The number of esters is 1. The summed E-state index contributed by atoms with van der Waals surface area (Å²) in [5.74, 6) is -0.490. The summed E-state index contributed by atoms with van der Waals surface area (Å²) in [6, 6.07) is 7.41. The number of carbonyl (C=O) groups is 2. The van der Waals surface area contributed by atoms with Crippen LogP contribution in [0.15, 0.2) is 36.5 Å². The molecule has 0 atom stereocenters. The number of anilines is 2. The highest BCUT2D eigenvalue weighted by atomic mass is 16.6. The van der Waals surface area contributed by atoms with E-state index in [0.717, 1.165) is 5.56 Å². The van der Waals surface area contributed by atoms with Crippen molar-refractivity contribution < 1.29 is 19.2 Å². The molecule has 0 bridgehead atoms. The summed E-state index contributed by atoms with van der Waals surface area (Å²) >= 11 is 0. The lowest BCUT2D eigenvalue weighted by Crippen LogP contribution is -2.41. The van der Waals surface area contributed by atoms with Crippen molar-refractivity contribution in [2.75, 3.05) is 23.3 Å². The van der Waals surface area contributed by atoms with Crippen LogP contribution in [0.4, 0.5) is 17.2 Å². The third kappa shape index (κ3) is 3.71. The number of non-ortho nitro benzene ring substituents is 1. The lowest BCUT2D eigenvalue weighted by Gasteiger charge is -2.28. The molecule has 0 radical (unpaired) electrons. The largest absolute Gasteiger partial charge is 0.423 e. The first-order valence-electron chi connectivity index (χ1n) is 7.39. The van der Waals surface area contributed by atoms with Gasteiger partial charge in [0, 0.05) is 12.3 Å². The minimum Gasteiger partial charge on any atom is -0.423 e. The number of nitrogens with one attached hydrogen (secondary N) is 1. The molecule has 1 N–H and O–H groups in total. The van der Waals surface area contributed by atoms with E-state index in [1.807, 2.05) is 13.0 Å². The average Bonchev–Trinajstić information content (AvgIpc) is 2.56. The van der Waals surface area contributed by atoms with Crippen LogP contribution in [-0.2, 0) is 9.59 Å². The first kappa shape index (κ1) is 16.4. The number of aryl methyl sites for hydroxylation is 1. The summed E-state index contributed by atoms with van der Waals surface area (Å²) in [5.41, 5.74) is 1.21. The van der Waals surface area contributed by atoms with E-state index in [9.17, 15) is 19.7 Å². The summed E-state index contributed by atoms with van der Waals surface area (Å²) in [6.07, 6.45) is 1.63. The van der Waals surface area contributed by atoms with Crippen molar-refractivity contribution in [2.45, 2.75) is 6.92 Å². The molecule has 25 heavy (non-hydrogen) atoms. The van der Waals surface area contributed by atoms with Crippen molar-refractivity contribution in [1.82, 2.24) is 4.98 Å². The average molecular weight is 342 g/mol. The number of amides is 1. The zero-order valence-corrected chi connectivity index (χ0v) is 13.3. The van der Waals surface area contributed by atoms with Gasteiger partial charge in [0.05, 0.1) is 23.2 Å². The van der Waals surface area contributed by atoms with Gasteiger partial charge in [0.15, 0.2) is 5.75 Å². The van der Waals surface area contributed by atoms with Crippen molar-refractivity contribution in [3.8, 4) is 5.75 Å². The quantitative estimate of drug-likeness (QED) is 0.389. The lowest BCUT2D eigenvalue weighted by molar-refractivity contribution is -0.384. The number of nitro benzene ring substituents is 1. The molecule has 0 aliphatic carbocycles. The fourth-order valence-electron chi connectivity index (χ4n) is 2.39. The SMILES string of the molecule is Cc1ccc(NC(=O)CN2CC(=O)Oc3cc([N+](=O)[O-])ccc32)nc1. The molecule has 2 heterocycles. The summed E-state index contributed by atoms with van der Waals surface area (Å²) in [4.78, 5) is 39.8. The topological polar surface area (TPSA) is 115 Å². The Morgan fingerprint density at radius 2 is 2.20 bits per heavy atom. The van der Waals surface area contributed by atoms with Gasteiger partial charge in [-0.3, -0.25) is 14.9 Å². The molecule has 0 saturated carbocycles. The van der Waals surface area contributed by atoms with E-state index in [0.29, 0.717) is 11.5 Å². The minimum atomic E-state index is -0.589. The van der Waals surface area contributed by atoms with E-state index in [1.165, 1.54) is 23.1 Å². The number of fused-ring (bicyclic) bond motifs is 1. The second-order valence-electron chi connectivity index (χ2n) is 5.51. The molecule has 0 fully saturated rings. The zero-order chi connectivity index (χ0) is 18.0. The van der Waals surface area contributed by atoms with Crippen LogP contribution in [0.1, 0.15) is 5.56 Å². The van der Waals surface area contributed by atoms with E-state index in [4.69, 9.17) is 4.74 Å². The van der Waals surface area contributed by atoms with E-state index >= 15 is 0 Å². The highest BCUT2D eigenvalue weighted by molar-refractivity contribution is 5.95. The molecule has 1 aromatic carbocycles. The monoisotopic (exact) mass is 342 g/mol. The molecule has 1 amide bonds. The number of rotatable bonds is 4. The molecule has 2 aromatic rings. The van der Waals surface area contributed by atoms with Crippen LogP contribution in [-0.4, -0.2) is 34.9 Å². The Bertz CT molecular complexity index is 850. The molecule has 9 nitrogen and oxygen atoms in total. The van der Waals surface area contributed by atoms with Crippen molar-refractivity contribution in [2.24, 2.45) is 0 Å². The molecule has 9 heteroatoms. The predicted octanol–water partition coefficient (Wildman–Crippen LogP) is 1.66. The van der Waals surface area contributed by atoms with Crippen LogP contribution >= 0.6 is 0 Å². The lowest BCUT2D eigenvalue weighted by atomic mass is 10.2. The van der Waals surface area contributed by atoms with Crippen LogP contribution in [0.5, 0.6) is 5.75 Å². The highest BCUT2D eigenvalue weighted by Gasteiger charge is 2.27. The normalized spacial score (nSPS) is 13.0. The molecular weight excluding hydrogens is 328 g/mol. The van der Waals surface area contributed by atoms with Gasteiger partial charge in [-0.15, -0.1) is 0 Å². The molecular formula is C16H14N4O5. The molecule has 1 aromatic heterocycles. The molecule has 128 valence electrons. The zero-order valence-electron chi connectivity index (χ0n) is 13.3. The Hall–Kier alpha value is -3.49. The Kier molecular flexibility index (Phi) is 4.29. The molecule has 1 aliphatic heterocycles. The maximum Gasteiger partial charge on any atom is 0.331 e. The van der Waals surface area contributed by atoms with Crippen LogP contribution in [0.25, 0.3) is 0 Å². The Morgan fingerprint density at radius 1 is 1.40 bits per heavy atom. The van der Waals surface area contributed by atoms with E-state index in [2.05, 4.69) is 10.3 Å². The van der Waals surface area contributed by atoms with Crippen molar-refractivity contribution in [3.63, 3.8) is 0 Å². The van der Waals surface area contributed by atoms with Crippen LogP contribution in [0.2, 0.25) is 0 Å². The second-order valence-corrected chi connectivity index (χ2v) is 5.51. The maximum absolute atomic E-state index is 12.2. The Balaban J connectivity index is 1.76. The van der Waals surface area contributed by atoms with Crippen molar-refractivity contribution >= 4 is 29.1 Å². The smallest absolute Gasteiger partial charge is 0.331 e. The number of hydrogen-bond acceptors (Lipinski definition) is 7. The predicted molar refractivity (Wildman–Crippen MR) is 88.5 cm³/mol. The van der Waals surface area contributed by atoms with Gasteiger partial charge in [-0.1, -0.05) is 6.07 Å². The number of nitro groups is 1. The standard InChI is InChI=1S/C16H14N4O5/c1-10-2-5-14(17-7-10)18-15(21)8-19-9-16(22)25-13-6-11(20(23)24)3-4-12(13)19/h2-7H,8-9H2,1H3,(H,17,18,21). The van der Waals surface area contributed by atoms with Gasteiger partial charge in [0.1, 0.15) is 12.4 Å². The molecule has 3 rings (SSSR count). The molecule has 0 saturated heterocycles. The van der Waals surface area contributed by atoms with Gasteiger partial charge in [0.25, 0.3) is 5.69 Å². The summed E-state index contributed by atoms with van der Waals surface area (Å²) in [7, 11) is 0. The van der Waals surface area contributed by atoms with Gasteiger partial charge in [-0.05, 0) is 24.6 Å². The number of aromatic nitrogens is 1. The van der Waals surface area contributed by atoms with Crippen molar-refractivity contribution in [3.05, 3.63) is 52.2 Å². The first-order chi connectivity index (χ1) is 11.9. The highest BCUT2D eigenvalue weighted by Crippen LogP contribution is 2.34. The maximum atomic E-state index is 12.2. The number of hydrogen-bond donors (Lipinski definition) is 1.